The van der Waals surface area contributed by atoms with E-state index < -0.39 is 33.7 Å². The number of thioether (sulfide) groups is 2. The molecule has 0 radical (unpaired) electrons. The summed E-state index contributed by atoms with van der Waals surface area (Å²) in [7, 11) is 0. The summed E-state index contributed by atoms with van der Waals surface area (Å²) in [5, 5.41) is 34.5. The Bertz CT molecular complexity index is 1250. The lowest BCUT2D eigenvalue weighted by Gasteiger charge is -2.54. The fourth-order valence-electron chi connectivity index (χ4n) is 4.53. The first-order valence-electron chi connectivity index (χ1n) is 11.6. The van der Waals surface area contributed by atoms with E-state index in [9.17, 15) is 34.7 Å². The molecule has 12 heteroatoms. The van der Waals surface area contributed by atoms with E-state index in [1.54, 1.807) is 43.3 Å². The van der Waals surface area contributed by atoms with Crippen LogP contribution in [0.5, 0.6) is 0 Å². The molecule has 37 heavy (non-hydrogen) atoms. The SMILES string of the molecule is CC[C@H](O)[C@@H]1C(=O)N2C(C(=O)O)=C(SCCNC(=O)c3ccccc3)S[C@]12Cc1ccc([N+](=O)[O-])cc1. The molecule has 0 spiro atoms. The number of amides is 2. The second-order valence-electron chi connectivity index (χ2n) is 8.59. The van der Waals surface area contributed by atoms with Gasteiger partial charge in [-0.05, 0) is 24.1 Å². The van der Waals surface area contributed by atoms with Crippen molar-refractivity contribution in [2.75, 3.05) is 12.3 Å². The number of fused-ring (bicyclic) bond motifs is 1. The summed E-state index contributed by atoms with van der Waals surface area (Å²) in [4.78, 5) is 48.4. The van der Waals surface area contributed by atoms with Crippen molar-refractivity contribution in [2.45, 2.75) is 30.7 Å². The van der Waals surface area contributed by atoms with Gasteiger partial charge in [0.2, 0.25) is 5.91 Å². The zero-order valence-corrected chi connectivity index (χ0v) is 21.5. The lowest BCUT2D eigenvalue weighted by molar-refractivity contribution is -0.384. The normalized spacial score (nSPS) is 21.3. The van der Waals surface area contributed by atoms with Crippen LogP contribution in [-0.4, -0.2) is 61.1 Å². The maximum absolute atomic E-state index is 13.1. The number of carboxylic acid groups (broad SMARTS) is 1. The van der Waals surface area contributed by atoms with Gasteiger partial charge in [-0.1, -0.05) is 49.0 Å². The highest BCUT2D eigenvalue weighted by atomic mass is 32.2. The predicted molar refractivity (Wildman–Crippen MR) is 140 cm³/mol. The number of carbonyl (C=O) groups excluding carboxylic acids is 2. The number of carbonyl (C=O) groups is 3. The number of carboxylic acids is 1. The third-order valence-corrected chi connectivity index (χ3v) is 9.08. The second-order valence-corrected chi connectivity index (χ2v) is 11.3. The van der Waals surface area contributed by atoms with Gasteiger partial charge in [-0.2, -0.15) is 0 Å². The third-order valence-electron chi connectivity index (χ3n) is 6.30. The van der Waals surface area contributed by atoms with Gasteiger partial charge in [0.1, 0.15) is 4.87 Å². The summed E-state index contributed by atoms with van der Waals surface area (Å²) in [5.74, 6) is -2.43. The Morgan fingerprint density at radius 3 is 2.49 bits per heavy atom. The highest BCUT2D eigenvalue weighted by Crippen LogP contribution is 2.62. The van der Waals surface area contributed by atoms with E-state index in [-0.39, 0.29) is 30.3 Å². The second kappa shape index (κ2) is 11.0. The predicted octanol–water partition coefficient (Wildman–Crippen LogP) is 3.23. The van der Waals surface area contributed by atoms with Gasteiger partial charge in [0.25, 0.3) is 11.6 Å². The molecule has 4 rings (SSSR count). The number of hydrogen-bond donors (Lipinski definition) is 3. The standard InChI is InChI=1S/C25H25N3O7S2/c1-2-18(29)19-22(31)27-20(23(32)33)24(36-13-12-26-21(30)16-6-4-3-5-7-16)37-25(19,27)14-15-8-10-17(11-9-15)28(34)35/h3-11,18-19,29H,2,12-14H2,1H3,(H,26,30)(H,32,33)/t18-,19+,25+/m0/s1. The fraction of sp³-hybridized carbons (Fsp3) is 0.320. The molecule has 2 aromatic carbocycles. The Morgan fingerprint density at radius 1 is 1.22 bits per heavy atom. The molecule has 0 saturated carbocycles. The number of nitro benzene ring substituents is 1. The van der Waals surface area contributed by atoms with Gasteiger partial charge in [0.05, 0.1) is 21.2 Å². The molecule has 1 fully saturated rings. The quantitative estimate of drug-likeness (QED) is 0.168. The van der Waals surface area contributed by atoms with E-state index >= 15 is 0 Å². The Labute approximate surface area is 221 Å². The minimum Gasteiger partial charge on any atom is -0.477 e. The van der Waals surface area contributed by atoms with Crippen molar-refractivity contribution in [1.82, 2.24) is 10.2 Å². The molecule has 194 valence electrons. The summed E-state index contributed by atoms with van der Waals surface area (Å²) >= 11 is 2.45. The van der Waals surface area contributed by atoms with Gasteiger partial charge < -0.3 is 15.5 Å². The maximum atomic E-state index is 13.1. The number of nitro groups is 1. The van der Waals surface area contributed by atoms with Crippen LogP contribution in [0.25, 0.3) is 0 Å². The third kappa shape index (κ3) is 5.09. The van der Waals surface area contributed by atoms with Crippen molar-refractivity contribution >= 4 is 47.0 Å². The number of rotatable bonds is 11. The summed E-state index contributed by atoms with van der Waals surface area (Å²) in [6.45, 7) is 2.02. The minimum atomic E-state index is -1.26. The summed E-state index contributed by atoms with van der Waals surface area (Å²) in [6, 6.07) is 14.6. The Kier molecular flexibility index (Phi) is 7.90. The van der Waals surface area contributed by atoms with Crippen LogP contribution in [0.2, 0.25) is 0 Å². The molecule has 0 unspecified atom stereocenters. The Morgan fingerprint density at radius 2 is 1.89 bits per heavy atom. The van der Waals surface area contributed by atoms with Crippen LogP contribution >= 0.6 is 23.5 Å². The van der Waals surface area contributed by atoms with Crippen molar-refractivity contribution in [2.24, 2.45) is 5.92 Å². The first kappa shape index (κ1) is 26.7. The summed E-state index contributed by atoms with van der Waals surface area (Å²) in [5.41, 5.74) is 0.970. The van der Waals surface area contributed by atoms with Gasteiger partial charge in [-0.15, -0.1) is 11.8 Å². The number of aliphatic hydroxyl groups is 1. The molecule has 0 bridgehead atoms. The largest absolute Gasteiger partial charge is 0.477 e. The van der Waals surface area contributed by atoms with E-state index in [2.05, 4.69) is 5.32 Å². The number of aliphatic carboxylic acids is 1. The average Bonchev–Trinajstić information content (AvgIpc) is 3.17. The van der Waals surface area contributed by atoms with Crippen LogP contribution in [0.3, 0.4) is 0 Å². The van der Waals surface area contributed by atoms with Gasteiger partial charge in [-0.3, -0.25) is 24.6 Å². The number of nitrogens with zero attached hydrogens (tertiary/aromatic N) is 2. The van der Waals surface area contributed by atoms with Crippen LogP contribution in [0.15, 0.2) is 64.5 Å². The van der Waals surface area contributed by atoms with Crippen LogP contribution in [-0.2, 0) is 16.0 Å². The van der Waals surface area contributed by atoms with E-state index in [1.807, 2.05) is 6.07 Å². The molecule has 10 nitrogen and oxygen atoms in total. The number of nitrogens with one attached hydrogen (secondary N) is 1. The number of hydrogen-bond acceptors (Lipinski definition) is 8. The first-order valence-corrected chi connectivity index (χ1v) is 13.4. The lowest BCUT2D eigenvalue weighted by Crippen LogP contribution is -2.71. The summed E-state index contributed by atoms with van der Waals surface area (Å²) < 4.78 is 0.419. The maximum Gasteiger partial charge on any atom is 0.354 e. The number of β-lactam (4-membered cyclic amide) rings is 1. The molecule has 1 saturated heterocycles. The van der Waals surface area contributed by atoms with Gasteiger partial charge in [0, 0.05) is 36.4 Å². The van der Waals surface area contributed by atoms with E-state index in [0.29, 0.717) is 27.5 Å². The molecular weight excluding hydrogens is 518 g/mol. The average molecular weight is 544 g/mol. The molecule has 2 aliphatic heterocycles. The van der Waals surface area contributed by atoms with Crippen LogP contribution < -0.4 is 5.32 Å². The molecule has 0 aliphatic carbocycles. The van der Waals surface area contributed by atoms with Gasteiger partial charge >= 0.3 is 5.97 Å². The lowest BCUT2D eigenvalue weighted by atomic mass is 9.77. The topological polar surface area (TPSA) is 150 Å². The zero-order chi connectivity index (χ0) is 26.7. The minimum absolute atomic E-state index is 0.0786. The summed E-state index contributed by atoms with van der Waals surface area (Å²) in [6.07, 6.45) is -0.461. The number of aliphatic hydroxyl groups excluding tert-OH is 1. The van der Waals surface area contributed by atoms with Crippen molar-refractivity contribution in [3.63, 3.8) is 0 Å². The van der Waals surface area contributed by atoms with E-state index in [1.165, 1.54) is 40.6 Å². The van der Waals surface area contributed by atoms with Crippen LogP contribution in [0.1, 0.15) is 29.3 Å². The molecular formula is C25H25N3O7S2. The zero-order valence-electron chi connectivity index (χ0n) is 19.8. The van der Waals surface area contributed by atoms with Crippen LogP contribution in [0, 0.1) is 16.0 Å². The molecule has 3 atom stereocenters. The van der Waals surface area contributed by atoms with Crippen molar-refractivity contribution < 1.29 is 29.5 Å². The van der Waals surface area contributed by atoms with E-state index in [0.717, 1.165) is 0 Å². The smallest absolute Gasteiger partial charge is 0.354 e. The highest BCUT2D eigenvalue weighted by Gasteiger charge is 2.68. The Balaban J connectivity index is 1.53. The molecule has 2 aliphatic rings. The number of non-ortho nitro benzene ring substituents is 1. The van der Waals surface area contributed by atoms with Gasteiger partial charge in [-0.25, -0.2) is 4.79 Å². The highest BCUT2D eigenvalue weighted by molar-refractivity contribution is 8.23. The van der Waals surface area contributed by atoms with Crippen molar-refractivity contribution in [3.05, 3.63) is 85.8 Å². The van der Waals surface area contributed by atoms with Crippen molar-refractivity contribution in [1.29, 1.82) is 0 Å². The van der Waals surface area contributed by atoms with E-state index in [4.69, 9.17) is 0 Å². The molecule has 3 N–H and O–H groups in total. The van der Waals surface area contributed by atoms with Crippen LogP contribution in [0.4, 0.5) is 5.69 Å². The molecule has 0 aromatic heterocycles. The molecule has 2 aromatic rings. The fourth-order valence-corrected chi connectivity index (χ4v) is 7.65. The van der Waals surface area contributed by atoms with Crippen molar-refractivity contribution in [3.8, 4) is 0 Å². The monoisotopic (exact) mass is 543 g/mol. The molecule has 2 heterocycles. The Hall–Kier alpha value is -3.35. The first-order chi connectivity index (χ1) is 17.7. The van der Waals surface area contributed by atoms with Gasteiger partial charge in [0.15, 0.2) is 5.70 Å². The molecule has 2 amide bonds. The number of benzene rings is 2.